The van der Waals surface area contributed by atoms with Crippen LogP contribution in [0.15, 0.2) is 29.8 Å². The minimum atomic E-state index is 0.807. The second-order valence-corrected chi connectivity index (χ2v) is 4.59. The molecule has 86 valence electrons. The van der Waals surface area contributed by atoms with Crippen molar-refractivity contribution in [1.29, 1.82) is 0 Å². The summed E-state index contributed by atoms with van der Waals surface area (Å²) >= 11 is 7.39. The van der Waals surface area contributed by atoms with Gasteiger partial charge in [0.25, 0.3) is 0 Å². The Morgan fingerprint density at radius 3 is 2.50 bits per heavy atom. The first-order valence-corrected chi connectivity index (χ1v) is 6.74. The van der Waals surface area contributed by atoms with Crippen LogP contribution in [0.5, 0.6) is 0 Å². The molecule has 0 N–H and O–H groups in total. The van der Waals surface area contributed by atoms with E-state index in [4.69, 9.17) is 11.6 Å². The highest BCUT2D eigenvalue weighted by molar-refractivity contribution is 7.14. The van der Waals surface area contributed by atoms with Gasteiger partial charge in [0.1, 0.15) is 0 Å². The molecule has 0 spiro atoms. The highest BCUT2D eigenvalue weighted by Gasteiger charge is 2.01. The van der Waals surface area contributed by atoms with Crippen molar-refractivity contribution >= 4 is 22.9 Å². The van der Waals surface area contributed by atoms with Crippen LogP contribution in [-0.4, -0.2) is 4.98 Å². The summed E-state index contributed by atoms with van der Waals surface area (Å²) in [5, 5.41) is 2.02. The van der Waals surface area contributed by atoms with Gasteiger partial charge in [0.05, 0.1) is 10.0 Å². The summed E-state index contributed by atoms with van der Waals surface area (Å²) in [6.45, 7) is 6.12. The fourth-order valence-corrected chi connectivity index (χ4v) is 2.12. The molecule has 0 aliphatic heterocycles. The van der Waals surface area contributed by atoms with Gasteiger partial charge in [-0.25, -0.2) is 0 Å². The molecule has 0 bridgehead atoms. The lowest BCUT2D eigenvalue weighted by Crippen LogP contribution is -1.84. The van der Waals surface area contributed by atoms with Crippen LogP contribution in [0.1, 0.15) is 26.3 Å². The Labute approximate surface area is 106 Å². The summed E-state index contributed by atoms with van der Waals surface area (Å²) in [5.41, 5.74) is 3.35. The second kappa shape index (κ2) is 6.66. The van der Waals surface area contributed by atoms with Crippen LogP contribution in [-0.2, 0) is 6.42 Å². The number of halogens is 1. The van der Waals surface area contributed by atoms with E-state index in [1.807, 2.05) is 37.6 Å². The first-order chi connectivity index (χ1) is 7.79. The van der Waals surface area contributed by atoms with Crippen molar-refractivity contribution in [2.45, 2.75) is 27.2 Å². The van der Waals surface area contributed by atoms with Crippen LogP contribution in [0.25, 0.3) is 11.3 Å². The van der Waals surface area contributed by atoms with E-state index in [1.54, 1.807) is 0 Å². The van der Waals surface area contributed by atoms with Gasteiger partial charge >= 0.3 is 0 Å². The van der Waals surface area contributed by atoms with E-state index >= 15 is 0 Å². The zero-order valence-corrected chi connectivity index (χ0v) is 11.4. The Morgan fingerprint density at radius 1 is 1.31 bits per heavy atom. The number of aryl methyl sites for hydroxylation is 1. The summed E-state index contributed by atoms with van der Waals surface area (Å²) in [6.07, 6.45) is 2.94. The zero-order valence-electron chi connectivity index (χ0n) is 9.83. The number of pyridine rings is 1. The predicted octanol–water partition coefficient (Wildman–Crippen LogP) is 5.05. The lowest BCUT2D eigenvalue weighted by Gasteiger charge is -1.98. The molecule has 0 fully saturated rings. The van der Waals surface area contributed by atoms with Crippen LogP contribution < -0.4 is 0 Å². The van der Waals surface area contributed by atoms with Gasteiger partial charge in [0.2, 0.25) is 0 Å². The maximum atomic E-state index is 5.86. The summed E-state index contributed by atoms with van der Waals surface area (Å²) in [4.78, 5) is 4.38. The Hall–Kier alpha value is -0.860. The molecule has 2 aromatic rings. The van der Waals surface area contributed by atoms with E-state index in [2.05, 4.69) is 18.0 Å². The molecule has 0 saturated carbocycles. The Bertz CT molecular complexity index is 420. The SMILES string of the molecule is CC.CCc1ccc(-c2csc(Cl)c2)nc1. The van der Waals surface area contributed by atoms with Crippen LogP contribution in [0.2, 0.25) is 4.34 Å². The van der Waals surface area contributed by atoms with Gasteiger partial charge in [0, 0.05) is 17.1 Å². The lowest BCUT2D eigenvalue weighted by molar-refractivity contribution is 1.11. The van der Waals surface area contributed by atoms with Gasteiger partial charge in [-0.05, 0) is 24.1 Å². The van der Waals surface area contributed by atoms with E-state index in [9.17, 15) is 0 Å². The molecule has 3 heteroatoms. The molecule has 0 saturated heterocycles. The molecule has 0 unspecified atom stereocenters. The maximum absolute atomic E-state index is 5.86. The topological polar surface area (TPSA) is 12.9 Å². The first kappa shape index (κ1) is 13.2. The highest BCUT2D eigenvalue weighted by Crippen LogP contribution is 2.27. The largest absolute Gasteiger partial charge is 0.256 e. The van der Waals surface area contributed by atoms with E-state index in [1.165, 1.54) is 16.9 Å². The van der Waals surface area contributed by atoms with Gasteiger partial charge < -0.3 is 0 Å². The summed E-state index contributed by atoms with van der Waals surface area (Å²) in [6, 6.07) is 6.09. The van der Waals surface area contributed by atoms with Crippen molar-refractivity contribution in [1.82, 2.24) is 4.98 Å². The van der Waals surface area contributed by atoms with Crippen molar-refractivity contribution in [3.63, 3.8) is 0 Å². The van der Waals surface area contributed by atoms with Crippen LogP contribution in [0.4, 0.5) is 0 Å². The minimum absolute atomic E-state index is 0.807. The Balaban J connectivity index is 0.000000606. The Morgan fingerprint density at radius 2 is 2.06 bits per heavy atom. The standard InChI is InChI=1S/C11H10ClNS.C2H6/c1-2-8-3-4-10(13-6-8)9-5-11(12)14-7-9;1-2/h3-7H,2H2,1H3;1-2H3. The normalized spacial score (nSPS) is 9.50. The quantitative estimate of drug-likeness (QED) is 0.730. The van der Waals surface area contributed by atoms with Gasteiger partial charge in [-0.2, -0.15) is 0 Å². The summed E-state index contributed by atoms with van der Waals surface area (Å²) in [5.74, 6) is 0. The molecule has 0 aliphatic carbocycles. The third-order valence-electron chi connectivity index (χ3n) is 2.10. The third kappa shape index (κ3) is 3.32. The van der Waals surface area contributed by atoms with Crippen molar-refractivity contribution < 1.29 is 0 Å². The molecule has 0 atom stereocenters. The molecule has 1 nitrogen and oxygen atoms in total. The smallest absolute Gasteiger partial charge is 0.0935 e. The van der Waals surface area contributed by atoms with Crippen molar-refractivity contribution in [3.05, 3.63) is 39.7 Å². The molecule has 0 amide bonds. The molecule has 2 rings (SSSR count). The average Bonchev–Trinajstić information content (AvgIpc) is 2.79. The number of hydrogen-bond acceptors (Lipinski definition) is 2. The zero-order chi connectivity index (χ0) is 12.0. The van der Waals surface area contributed by atoms with Crippen molar-refractivity contribution in [2.24, 2.45) is 0 Å². The van der Waals surface area contributed by atoms with E-state index < -0.39 is 0 Å². The fraction of sp³-hybridized carbons (Fsp3) is 0.308. The number of nitrogens with zero attached hydrogens (tertiary/aromatic N) is 1. The van der Waals surface area contributed by atoms with Gasteiger partial charge in [0.15, 0.2) is 0 Å². The van der Waals surface area contributed by atoms with Crippen LogP contribution in [0, 0.1) is 0 Å². The van der Waals surface area contributed by atoms with Crippen molar-refractivity contribution in [3.8, 4) is 11.3 Å². The molecule has 2 heterocycles. The minimum Gasteiger partial charge on any atom is -0.256 e. The molecule has 0 aromatic carbocycles. The summed E-state index contributed by atoms with van der Waals surface area (Å²) < 4.78 is 0.807. The van der Waals surface area contributed by atoms with Gasteiger partial charge in [-0.1, -0.05) is 38.4 Å². The van der Waals surface area contributed by atoms with Gasteiger partial charge in [-0.15, -0.1) is 11.3 Å². The number of aromatic nitrogens is 1. The second-order valence-electron chi connectivity index (χ2n) is 3.04. The Kier molecular flexibility index (Phi) is 5.50. The highest BCUT2D eigenvalue weighted by atomic mass is 35.5. The monoisotopic (exact) mass is 253 g/mol. The molecule has 2 aromatic heterocycles. The molecular formula is C13H16ClNS. The lowest BCUT2D eigenvalue weighted by atomic mass is 10.1. The maximum Gasteiger partial charge on any atom is 0.0935 e. The van der Waals surface area contributed by atoms with E-state index in [0.29, 0.717) is 0 Å². The predicted molar refractivity (Wildman–Crippen MR) is 73.3 cm³/mol. The molecule has 0 aliphatic rings. The fourth-order valence-electron chi connectivity index (χ4n) is 1.25. The number of rotatable bonds is 2. The first-order valence-electron chi connectivity index (χ1n) is 5.49. The number of hydrogen-bond donors (Lipinski definition) is 0. The van der Waals surface area contributed by atoms with Crippen molar-refractivity contribution in [2.75, 3.05) is 0 Å². The third-order valence-corrected chi connectivity index (χ3v) is 3.19. The van der Waals surface area contributed by atoms with Crippen LogP contribution >= 0.6 is 22.9 Å². The molecule has 0 radical (unpaired) electrons. The van der Waals surface area contributed by atoms with E-state index in [-0.39, 0.29) is 0 Å². The summed E-state index contributed by atoms with van der Waals surface area (Å²) in [7, 11) is 0. The van der Waals surface area contributed by atoms with Crippen LogP contribution in [0.3, 0.4) is 0 Å². The number of thiophene rings is 1. The van der Waals surface area contributed by atoms with E-state index in [0.717, 1.165) is 22.0 Å². The van der Waals surface area contributed by atoms with Gasteiger partial charge in [-0.3, -0.25) is 4.98 Å². The molecular weight excluding hydrogens is 238 g/mol. The average molecular weight is 254 g/mol. The molecule has 16 heavy (non-hydrogen) atoms.